The second-order valence-electron chi connectivity index (χ2n) is 24.4. The molecule has 0 saturated heterocycles. The molecule has 3 atom stereocenters. The van der Waals surface area contributed by atoms with Gasteiger partial charge in [0.15, 0.2) is 0 Å². The largest absolute Gasteiger partial charge is 0.416 e. The lowest BCUT2D eigenvalue weighted by atomic mass is 9.64. The third-order valence-electron chi connectivity index (χ3n) is 19.0. The maximum Gasteiger partial charge on any atom is 0.416 e. The molecular weight excluding hydrogens is 1280 g/mol. The van der Waals surface area contributed by atoms with Crippen molar-refractivity contribution in [2.45, 2.75) is 37.8 Å². The minimum atomic E-state index is -4.84. The fourth-order valence-corrected chi connectivity index (χ4v) is 14.5. The molecule has 0 spiro atoms. The predicted octanol–water partition coefficient (Wildman–Crippen LogP) is 17.4. The fourth-order valence-electron chi connectivity index (χ4n) is 14.5. The van der Waals surface area contributed by atoms with Gasteiger partial charge >= 0.3 is 6.18 Å². The highest BCUT2D eigenvalue weighted by atomic mass is 19.4. The molecule has 2 aromatic heterocycles. The van der Waals surface area contributed by atoms with Gasteiger partial charge in [0, 0.05) is 72.1 Å². The molecule has 0 aliphatic heterocycles. The summed E-state index contributed by atoms with van der Waals surface area (Å²) < 4.78 is 47.3. The van der Waals surface area contributed by atoms with E-state index in [-0.39, 0.29) is 118 Å². The Bertz CT molecular complexity index is 6360. The minimum absolute atomic E-state index is 0.0199. The molecule has 2 heterocycles. The summed E-state index contributed by atoms with van der Waals surface area (Å²) in [5.41, 5.74) is 4.56. The third kappa shape index (κ3) is 10.2. The summed E-state index contributed by atoms with van der Waals surface area (Å²) in [5, 5.41) is 149. The zero-order valence-electron chi connectivity index (χ0n) is 53.2. The van der Waals surface area contributed by atoms with Crippen LogP contribution in [0.3, 0.4) is 0 Å². The van der Waals surface area contributed by atoms with Gasteiger partial charge in [0.25, 0.3) is 0 Å². The number of benzene rings is 9. The van der Waals surface area contributed by atoms with Gasteiger partial charge in [0.2, 0.25) is 0 Å². The molecule has 0 fully saturated rings. The maximum atomic E-state index is 14.5. The fraction of sp³-hybridized carbons (Fsp3) is 0.0843. The highest BCUT2D eigenvalue weighted by Crippen LogP contribution is 2.52. The second-order valence-corrected chi connectivity index (χ2v) is 24.4. The topological polar surface area (TPSA) is 343 Å². The maximum absolute atomic E-state index is 14.5. The van der Waals surface area contributed by atoms with Crippen molar-refractivity contribution in [2.75, 3.05) is 0 Å². The summed E-state index contributed by atoms with van der Waals surface area (Å²) in [7, 11) is 0. The van der Waals surface area contributed by atoms with E-state index in [1.165, 1.54) is 54.6 Å². The molecule has 0 N–H and O–H groups in total. The van der Waals surface area contributed by atoms with Crippen LogP contribution in [-0.2, 0) is 11.6 Å². The Morgan fingerprint density at radius 1 is 0.422 bits per heavy atom. The standard InChI is InChI=1S/C83H37F3N16/c1-45-16-54(79-60(41-97)21-48(33-89)22-61(79)42-98)29-70-68-28-52(78-58(39-95)19-47(32-88)20-59(78)40-96)8-14-74(68)102(81(45)70)75-12-6-50(66-11-9-63(83(84,85)86)25-55(66)36-92)26-71(75)80-53(35-91)4-3-5-76(80)101-72-13-7-51(77-56(37-93)17-46(31-87)18-57(77)38-94)27-67(72)69-30-62(10-15-73(69)101)82(2)64(43-99)23-49(34-90)24-65(82)44-100/h3-15,17-30,45,64H,16H2,1-2H3. The number of allylic oxidation sites excluding steroid dienone is 5. The van der Waals surface area contributed by atoms with Crippen LogP contribution >= 0.6 is 0 Å². The van der Waals surface area contributed by atoms with Crippen molar-refractivity contribution < 1.29 is 13.2 Å². The van der Waals surface area contributed by atoms with E-state index in [2.05, 4.69) is 60.7 Å². The van der Waals surface area contributed by atoms with E-state index in [0.29, 0.717) is 77.6 Å². The summed E-state index contributed by atoms with van der Waals surface area (Å²) in [4.78, 5) is 0. The van der Waals surface area contributed by atoms with Gasteiger partial charge in [-0.25, -0.2) is 0 Å². The first-order chi connectivity index (χ1) is 49.3. The Hall–Kier alpha value is -15.8. The molecule has 102 heavy (non-hydrogen) atoms. The van der Waals surface area contributed by atoms with E-state index >= 15 is 0 Å². The van der Waals surface area contributed by atoms with Gasteiger partial charge < -0.3 is 9.13 Å². The summed E-state index contributed by atoms with van der Waals surface area (Å²) >= 11 is 0. The van der Waals surface area contributed by atoms with Crippen LogP contribution in [0.5, 0.6) is 0 Å². The highest BCUT2D eigenvalue weighted by Gasteiger charge is 2.43. The molecule has 3 unspecified atom stereocenters. The normalized spacial score (nSPS) is 15.0. The molecule has 9 aromatic carbocycles. The summed E-state index contributed by atoms with van der Waals surface area (Å²) in [6, 6.07) is 66.8. The number of fused-ring (bicyclic) bond motifs is 6. The molecule has 19 heteroatoms. The summed E-state index contributed by atoms with van der Waals surface area (Å²) in [6.07, 6.45) is 0.102. The van der Waals surface area contributed by atoms with Crippen LogP contribution in [0, 0.1) is 165 Å². The van der Waals surface area contributed by atoms with Crippen LogP contribution in [-0.4, -0.2) is 9.13 Å². The number of aromatic nitrogens is 2. The van der Waals surface area contributed by atoms with E-state index in [0.717, 1.165) is 12.1 Å². The van der Waals surface area contributed by atoms with Crippen molar-refractivity contribution in [1.82, 2.24) is 9.13 Å². The van der Waals surface area contributed by atoms with Gasteiger partial charge in [-0.1, -0.05) is 43.3 Å². The molecule has 0 bridgehead atoms. The molecule has 11 aromatic rings. The van der Waals surface area contributed by atoms with E-state index in [9.17, 15) is 86.8 Å². The van der Waals surface area contributed by atoms with Crippen LogP contribution in [0.4, 0.5) is 13.2 Å². The number of hydrogen-bond acceptors (Lipinski definition) is 14. The number of halogens is 3. The monoisotopic (exact) mass is 1310 g/mol. The molecule has 0 radical (unpaired) electrons. The van der Waals surface area contributed by atoms with Gasteiger partial charge in [-0.2, -0.15) is 86.8 Å². The van der Waals surface area contributed by atoms with Crippen LogP contribution in [0.2, 0.25) is 0 Å². The quantitative estimate of drug-likeness (QED) is 0.136. The van der Waals surface area contributed by atoms with Crippen molar-refractivity contribution in [2.24, 2.45) is 5.92 Å². The van der Waals surface area contributed by atoms with E-state index in [1.807, 2.05) is 52.5 Å². The third-order valence-corrected chi connectivity index (χ3v) is 19.0. The Kier molecular flexibility index (Phi) is 15.9. The van der Waals surface area contributed by atoms with E-state index in [1.54, 1.807) is 91.9 Å². The zero-order chi connectivity index (χ0) is 72.2. The second kappa shape index (κ2) is 25.1. The minimum Gasteiger partial charge on any atom is -0.312 e. The summed E-state index contributed by atoms with van der Waals surface area (Å²) in [5.74, 6) is -1.58. The first kappa shape index (κ1) is 64.9. The number of alkyl halides is 3. The Morgan fingerprint density at radius 3 is 1.44 bits per heavy atom. The van der Waals surface area contributed by atoms with Crippen molar-refractivity contribution in [3.8, 4) is 141 Å². The van der Waals surface area contributed by atoms with Gasteiger partial charge in [0.05, 0.1) is 191 Å². The first-order valence-electron chi connectivity index (χ1n) is 30.9. The first-order valence-corrected chi connectivity index (χ1v) is 30.9. The smallest absolute Gasteiger partial charge is 0.312 e. The molecule has 13 rings (SSSR count). The lowest BCUT2D eigenvalue weighted by molar-refractivity contribution is -0.137. The SMILES string of the molecule is CC1CC(c2c(C#N)cc(C#N)cc2C#N)=Cc2c1n(-c1ccc(-c3ccc(C(F)(F)F)cc3C#N)cc1-c1c(C#N)cccc1-n1c3ccc(-c4c(C#N)cc(C#N)cc4C#N)cc3c3cc(C4(C)C(C#N)=CC(C#N)=CC4C#N)ccc31)c1ccc(-c3c(C#N)cc(C#N)cc3C#N)cc21. The average Bonchev–Trinajstić information content (AvgIpc) is 1.55. The number of nitrogens with zero attached hydrogens (tertiary/aromatic N) is 16. The summed E-state index contributed by atoms with van der Waals surface area (Å²) in [6.45, 7) is 3.65. The molecule has 2 aliphatic carbocycles. The Labute approximate surface area is 579 Å². The highest BCUT2D eigenvalue weighted by molar-refractivity contribution is 6.12. The van der Waals surface area contributed by atoms with Gasteiger partial charge in [-0.05, 0) is 174 Å². The molecule has 16 nitrogen and oxygen atoms in total. The van der Waals surface area contributed by atoms with Gasteiger partial charge in [0.1, 0.15) is 0 Å². The Morgan fingerprint density at radius 2 is 0.931 bits per heavy atom. The van der Waals surface area contributed by atoms with Crippen molar-refractivity contribution in [3.05, 3.63) is 258 Å². The molecule has 2 aliphatic rings. The van der Waals surface area contributed by atoms with Crippen LogP contribution < -0.4 is 0 Å². The van der Waals surface area contributed by atoms with Gasteiger partial charge in [-0.15, -0.1) is 0 Å². The lowest BCUT2D eigenvalue weighted by Gasteiger charge is -2.35. The Balaban J connectivity index is 1.18. The molecule has 470 valence electrons. The average molecular weight is 1320 g/mol. The van der Waals surface area contributed by atoms with Crippen molar-refractivity contribution in [3.63, 3.8) is 0 Å². The molecular formula is C83H37F3N16. The lowest BCUT2D eigenvalue weighted by Crippen LogP contribution is -2.34. The number of hydrogen-bond donors (Lipinski definition) is 0. The van der Waals surface area contributed by atoms with Gasteiger partial charge in [-0.3, -0.25) is 0 Å². The number of rotatable bonds is 8. The van der Waals surface area contributed by atoms with Crippen molar-refractivity contribution >= 4 is 44.4 Å². The molecule has 0 saturated carbocycles. The van der Waals surface area contributed by atoms with Crippen molar-refractivity contribution in [1.29, 1.82) is 73.7 Å². The van der Waals surface area contributed by atoms with E-state index in [4.69, 9.17) is 0 Å². The van der Waals surface area contributed by atoms with Crippen LogP contribution in [0.25, 0.3) is 100 Å². The predicted molar refractivity (Wildman–Crippen MR) is 367 cm³/mol. The van der Waals surface area contributed by atoms with Crippen LogP contribution in [0.1, 0.15) is 115 Å². The zero-order valence-corrected chi connectivity index (χ0v) is 53.2. The van der Waals surface area contributed by atoms with Crippen LogP contribution in [0.15, 0.2) is 169 Å². The molecule has 0 amide bonds. The van der Waals surface area contributed by atoms with E-state index < -0.39 is 29.0 Å². The number of nitriles is 14.